The smallest absolute Gasteiger partial charge is 0.246 e. The molecule has 1 saturated carbocycles. The Bertz CT molecular complexity index is 803. The number of ether oxygens (including phenoxy) is 3. The zero-order valence-electron chi connectivity index (χ0n) is 15.4. The predicted octanol–water partition coefficient (Wildman–Crippen LogP) is 3.28. The lowest BCUT2D eigenvalue weighted by Gasteiger charge is -2.29. The molecule has 144 valence electrons. The molecule has 4 rings (SSSR count). The summed E-state index contributed by atoms with van der Waals surface area (Å²) in [6.07, 6.45) is 4.65. The Morgan fingerprint density at radius 2 is 2.07 bits per heavy atom. The van der Waals surface area contributed by atoms with E-state index in [2.05, 4.69) is 17.4 Å². The fraction of sp³-hybridized carbons (Fsp3) is 0.500. The van der Waals surface area contributed by atoms with Gasteiger partial charge in [-0.1, -0.05) is 24.9 Å². The Kier molecular flexibility index (Phi) is 5.29. The molecule has 0 radical (unpaired) electrons. The molecule has 2 atom stereocenters. The summed E-state index contributed by atoms with van der Waals surface area (Å²) in [5.74, 6) is 2.48. The number of hydrogen-bond acceptors (Lipinski definition) is 6. The van der Waals surface area contributed by atoms with E-state index >= 15 is 0 Å². The van der Waals surface area contributed by atoms with Gasteiger partial charge < -0.3 is 24.1 Å². The van der Waals surface area contributed by atoms with Gasteiger partial charge in [0, 0.05) is 17.7 Å². The highest BCUT2D eigenvalue weighted by Crippen LogP contribution is 2.36. The van der Waals surface area contributed by atoms with Crippen LogP contribution in [-0.4, -0.2) is 30.5 Å². The minimum Gasteiger partial charge on any atom is -0.454 e. The van der Waals surface area contributed by atoms with E-state index in [9.17, 15) is 4.79 Å². The number of rotatable bonds is 6. The van der Waals surface area contributed by atoms with E-state index in [1.165, 1.54) is 19.3 Å². The van der Waals surface area contributed by atoms with Crippen molar-refractivity contribution in [3.8, 4) is 22.8 Å². The van der Waals surface area contributed by atoms with Crippen LogP contribution in [-0.2, 0) is 16.1 Å². The quantitative estimate of drug-likeness (QED) is 0.838. The number of nitrogens with zero attached hydrogens (tertiary/aromatic N) is 1. The molecule has 7 heteroatoms. The second-order valence-electron chi connectivity index (χ2n) is 7.18. The van der Waals surface area contributed by atoms with Crippen molar-refractivity contribution in [2.45, 2.75) is 45.3 Å². The first-order valence-electron chi connectivity index (χ1n) is 9.42. The number of carbonyl (C=O) groups is 1. The first-order chi connectivity index (χ1) is 13.2. The second kappa shape index (κ2) is 8.00. The Morgan fingerprint density at radius 1 is 1.22 bits per heavy atom. The third kappa shape index (κ3) is 4.24. The molecule has 27 heavy (non-hydrogen) atoms. The van der Waals surface area contributed by atoms with Crippen LogP contribution in [0.2, 0.25) is 0 Å². The van der Waals surface area contributed by atoms with Crippen LogP contribution < -0.4 is 14.8 Å². The van der Waals surface area contributed by atoms with Crippen LogP contribution in [0.1, 0.15) is 38.3 Å². The molecule has 1 amide bonds. The van der Waals surface area contributed by atoms with E-state index in [-0.39, 0.29) is 32.0 Å². The van der Waals surface area contributed by atoms with Crippen molar-refractivity contribution in [3.05, 3.63) is 30.0 Å². The average molecular weight is 372 g/mol. The molecule has 1 aromatic heterocycles. The highest BCUT2D eigenvalue weighted by atomic mass is 16.7. The van der Waals surface area contributed by atoms with E-state index in [4.69, 9.17) is 18.7 Å². The third-order valence-electron chi connectivity index (χ3n) is 5.16. The third-order valence-corrected chi connectivity index (χ3v) is 5.16. The van der Waals surface area contributed by atoms with Gasteiger partial charge in [-0.05, 0) is 37.0 Å². The van der Waals surface area contributed by atoms with E-state index in [1.54, 1.807) is 6.07 Å². The molecule has 0 saturated heterocycles. The summed E-state index contributed by atoms with van der Waals surface area (Å²) in [4.78, 5) is 12.1. The van der Waals surface area contributed by atoms with Crippen molar-refractivity contribution in [2.75, 3.05) is 13.4 Å². The van der Waals surface area contributed by atoms with E-state index in [0.29, 0.717) is 23.1 Å². The van der Waals surface area contributed by atoms with Crippen LogP contribution in [0.3, 0.4) is 0 Å². The number of hydrogen-bond donors (Lipinski definition) is 1. The molecule has 1 aliphatic carbocycles. The van der Waals surface area contributed by atoms with Crippen molar-refractivity contribution < 1.29 is 23.5 Å². The Hall–Kier alpha value is -2.54. The van der Waals surface area contributed by atoms with Crippen LogP contribution >= 0.6 is 0 Å². The highest BCUT2D eigenvalue weighted by molar-refractivity contribution is 5.77. The normalized spacial score (nSPS) is 21.2. The number of nitrogens with one attached hydrogen (secondary N) is 1. The van der Waals surface area contributed by atoms with Gasteiger partial charge in [0.1, 0.15) is 12.3 Å². The molecular formula is C20H24N2O5. The topological polar surface area (TPSA) is 82.8 Å². The monoisotopic (exact) mass is 372 g/mol. The molecule has 0 spiro atoms. The van der Waals surface area contributed by atoms with Crippen LogP contribution in [0.5, 0.6) is 11.5 Å². The van der Waals surface area contributed by atoms with Gasteiger partial charge in [-0.2, -0.15) is 0 Å². The molecule has 1 aliphatic heterocycles. The summed E-state index contributed by atoms with van der Waals surface area (Å²) in [6, 6.07) is 7.65. The standard InChI is InChI=1S/C20H24N2O5/c1-13-4-2-3-5-16(13)21-20(23)11-24-10-15-9-18(27-22-15)14-6-7-17-19(8-14)26-12-25-17/h6-9,13,16H,2-5,10-12H2,1H3,(H,21,23)/t13-,16-/m1/s1. The van der Waals surface area contributed by atoms with Crippen molar-refractivity contribution in [3.63, 3.8) is 0 Å². The Balaban J connectivity index is 1.26. The molecule has 2 heterocycles. The fourth-order valence-corrected chi connectivity index (χ4v) is 3.59. The SMILES string of the molecule is C[C@@H]1CCCC[C@H]1NC(=O)COCc1cc(-c2ccc3c(c2)OCO3)on1. The fourth-order valence-electron chi connectivity index (χ4n) is 3.59. The molecule has 2 aromatic rings. The maximum atomic E-state index is 12.1. The summed E-state index contributed by atoms with van der Waals surface area (Å²) in [5, 5.41) is 7.08. The molecule has 1 N–H and O–H groups in total. The maximum absolute atomic E-state index is 12.1. The maximum Gasteiger partial charge on any atom is 0.246 e. The van der Waals surface area contributed by atoms with Crippen molar-refractivity contribution in [1.29, 1.82) is 0 Å². The predicted molar refractivity (Wildman–Crippen MR) is 97.3 cm³/mol. The average Bonchev–Trinajstić information content (AvgIpc) is 3.32. The van der Waals surface area contributed by atoms with Gasteiger partial charge in [-0.3, -0.25) is 4.79 Å². The zero-order valence-corrected chi connectivity index (χ0v) is 15.4. The summed E-state index contributed by atoms with van der Waals surface area (Å²) in [6.45, 7) is 2.67. The Morgan fingerprint density at radius 3 is 2.96 bits per heavy atom. The van der Waals surface area contributed by atoms with Crippen molar-refractivity contribution in [1.82, 2.24) is 10.5 Å². The zero-order chi connectivity index (χ0) is 18.6. The van der Waals surface area contributed by atoms with Crippen LogP contribution in [0.25, 0.3) is 11.3 Å². The molecule has 0 unspecified atom stereocenters. The minimum absolute atomic E-state index is 0.0233. The van der Waals surface area contributed by atoms with E-state index in [0.717, 1.165) is 17.7 Å². The molecule has 2 aliphatic rings. The molecule has 1 aromatic carbocycles. The van der Waals surface area contributed by atoms with Gasteiger partial charge >= 0.3 is 0 Å². The van der Waals surface area contributed by atoms with Crippen molar-refractivity contribution in [2.24, 2.45) is 5.92 Å². The summed E-state index contributed by atoms with van der Waals surface area (Å²) < 4.78 is 21.6. The van der Waals surface area contributed by atoms with Gasteiger partial charge in [0.05, 0.1) is 6.61 Å². The van der Waals surface area contributed by atoms with Gasteiger partial charge in [0.2, 0.25) is 12.7 Å². The molecular weight excluding hydrogens is 348 g/mol. The van der Waals surface area contributed by atoms with E-state index in [1.807, 2.05) is 18.2 Å². The number of fused-ring (bicyclic) bond motifs is 1. The minimum atomic E-state index is -0.0757. The lowest BCUT2D eigenvalue weighted by Crippen LogP contribution is -2.42. The van der Waals surface area contributed by atoms with Gasteiger partial charge in [0.15, 0.2) is 17.3 Å². The number of amides is 1. The lowest BCUT2D eigenvalue weighted by atomic mass is 9.86. The van der Waals surface area contributed by atoms with E-state index < -0.39 is 0 Å². The molecule has 1 fully saturated rings. The van der Waals surface area contributed by atoms with Crippen LogP contribution in [0.4, 0.5) is 0 Å². The lowest BCUT2D eigenvalue weighted by molar-refractivity contribution is -0.127. The first kappa shape index (κ1) is 17.9. The number of benzene rings is 1. The molecule has 0 bridgehead atoms. The van der Waals surface area contributed by atoms with Gasteiger partial charge in [-0.25, -0.2) is 0 Å². The first-order valence-corrected chi connectivity index (χ1v) is 9.42. The largest absolute Gasteiger partial charge is 0.454 e. The van der Waals surface area contributed by atoms with Gasteiger partial charge in [-0.15, -0.1) is 0 Å². The van der Waals surface area contributed by atoms with Gasteiger partial charge in [0.25, 0.3) is 0 Å². The second-order valence-corrected chi connectivity index (χ2v) is 7.18. The summed E-state index contributed by atoms with van der Waals surface area (Å²) >= 11 is 0. The van der Waals surface area contributed by atoms with Crippen molar-refractivity contribution >= 4 is 5.91 Å². The number of carbonyl (C=O) groups excluding carboxylic acids is 1. The summed E-state index contributed by atoms with van der Waals surface area (Å²) in [5.41, 5.74) is 1.49. The van der Waals surface area contributed by atoms with Crippen LogP contribution in [0, 0.1) is 5.92 Å². The van der Waals surface area contributed by atoms with Crippen LogP contribution in [0.15, 0.2) is 28.8 Å². The highest BCUT2D eigenvalue weighted by Gasteiger charge is 2.22. The molecule has 7 nitrogen and oxygen atoms in total. The summed E-state index contributed by atoms with van der Waals surface area (Å²) in [7, 11) is 0. The number of aromatic nitrogens is 1. The Labute approximate surface area is 158 Å².